The van der Waals surface area contributed by atoms with Crippen molar-refractivity contribution in [3.63, 3.8) is 0 Å². The molecule has 2 rings (SSSR count). The van der Waals surface area contributed by atoms with E-state index in [0.29, 0.717) is 6.61 Å². The van der Waals surface area contributed by atoms with E-state index >= 15 is 0 Å². The third-order valence-corrected chi connectivity index (χ3v) is 3.13. The molecule has 1 aliphatic carbocycles. The summed E-state index contributed by atoms with van der Waals surface area (Å²) in [4.78, 5) is 0. The van der Waals surface area contributed by atoms with E-state index in [-0.39, 0.29) is 6.10 Å². The highest BCUT2D eigenvalue weighted by molar-refractivity contribution is 5.38. The van der Waals surface area contributed by atoms with E-state index in [2.05, 4.69) is 12.0 Å². The average Bonchev–Trinajstić information content (AvgIpc) is 2.36. The molecule has 1 aromatic carbocycles. The van der Waals surface area contributed by atoms with Crippen LogP contribution in [0.3, 0.4) is 0 Å². The molecule has 0 aliphatic heterocycles. The minimum absolute atomic E-state index is 0.326. The van der Waals surface area contributed by atoms with Gasteiger partial charge in [-0.1, -0.05) is 6.07 Å². The molecule has 0 aromatic heterocycles. The van der Waals surface area contributed by atoms with Crippen LogP contribution in [0.25, 0.3) is 0 Å². The molecule has 0 bridgehead atoms. The summed E-state index contributed by atoms with van der Waals surface area (Å²) in [5, 5.41) is 9.91. The van der Waals surface area contributed by atoms with Crippen molar-refractivity contribution in [1.29, 1.82) is 0 Å². The lowest BCUT2D eigenvalue weighted by atomic mass is 9.89. The zero-order chi connectivity index (χ0) is 12.1. The quantitative estimate of drug-likeness (QED) is 0.636. The molecule has 0 radical (unpaired) electrons. The van der Waals surface area contributed by atoms with E-state index < -0.39 is 0 Å². The van der Waals surface area contributed by atoms with Gasteiger partial charge in [0, 0.05) is 6.42 Å². The molecular weight excluding hydrogens is 212 g/mol. The zero-order valence-electron chi connectivity index (χ0n) is 9.98. The molecule has 0 saturated carbocycles. The maximum Gasteiger partial charge on any atom is 0.119 e. The smallest absolute Gasteiger partial charge is 0.119 e. The highest BCUT2D eigenvalue weighted by atomic mass is 16.5. The lowest BCUT2D eigenvalue weighted by Gasteiger charge is -2.21. The van der Waals surface area contributed by atoms with Gasteiger partial charge in [0.05, 0.1) is 12.7 Å². The van der Waals surface area contributed by atoms with Gasteiger partial charge >= 0.3 is 0 Å². The maximum absolute atomic E-state index is 9.91. The Kier molecular flexibility index (Phi) is 4.06. The van der Waals surface area contributed by atoms with E-state index in [1.54, 1.807) is 0 Å². The standard InChI is InChI=1S/C15H18O2/c1-2-3-4-10-17-13-9-8-12-6-5-7-15(16)14(12)11-13/h1,8-9,11,15-16H,3-7,10H2/t15-/m1/s1. The third kappa shape index (κ3) is 3.01. The molecule has 0 spiro atoms. The van der Waals surface area contributed by atoms with Crippen LogP contribution in [0.2, 0.25) is 0 Å². The maximum atomic E-state index is 9.91. The van der Waals surface area contributed by atoms with Gasteiger partial charge in [-0.15, -0.1) is 12.3 Å². The number of fused-ring (bicyclic) bond motifs is 1. The molecule has 0 heterocycles. The van der Waals surface area contributed by atoms with E-state index in [9.17, 15) is 5.11 Å². The summed E-state index contributed by atoms with van der Waals surface area (Å²) < 4.78 is 5.62. The van der Waals surface area contributed by atoms with E-state index in [0.717, 1.165) is 43.4 Å². The first-order valence-corrected chi connectivity index (χ1v) is 6.18. The normalized spacial score (nSPS) is 18.2. The molecule has 0 fully saturated rings. The van der Waals surface area contributed by atoms with Crippen molar-refractivity contribution in [3.8, 4) is 18.1 Å². The Morgan fingerprint density at radius 1 is 1.47 bits per heavy atom. The van der Waals surface area contributed by atoms with Crippen LogP contribution in [0.5, 0.6) is 5.75 Å². The molecule has 17 heavy (non-hydrogen) atoms. The van der Waals surface area contributed by atoms with Gasteiger partial charge in [0.15, 0.2) is 0 Å². The van der Waals surface area contributed by atoms with Gasteiger partial charge in [-0.25, -0.2) is 0 Å². The van der Waals surface area contributed by atoms with Crippen LogP contribution < -0.4 is 4.74 Å². The molecular formula is C15H18O2. The fourth-order valence-electron chi connectivity index (χ4n) is 2.21. The Balaban J connectivity index is 2.00. The Morgan fingerprint density at radius 2 is 2.35 bits per heavy atom. The summed E-state index contributed by atoms with van der Waals surface area (Å²) >= 11 is 0. The van der Waals surface area contributed by atoms with Crippen LogP contribution in [0.1, 0.15) is 42.9 Å². The van der Waals surface area contributed by atoms with E-state index in [1.165, 1.54) is 5.56 Å². The molecule has 90 valence electrons. The van der Waals surface area contributed by atoms with Crippen molar-refractivity contribution < 1.29 is 9.84 Å². The van der Waals surface area contributed by atoms with Crippen molar-refractivity contribution in [2.24, 2.45) is 0 Å². The fraction of sp³-hybridized carbons (Fsp3) is 0.467. The summed E-state index contributed by atoms with van der Waals surface area (Å²) in [6.45, 7) is 0.638. The first-order chi connectivity index (χ1) is 8.31. The van der Waals surface area contributed by atoms with Crippen LogP contribution >= 0.6 is 0 Å². The van der Waals surface area contributed by atoms with Gasteiger partial charge in [-0.3, -0.25) is 0 Å². The summed E-state index contributed by atoms with van der Waals surface area (Å²) in [6, 6.07) is 6.01. The van der Waals surface area contributed by atoms with Gasteiger partial charge in [0.1, 0.15) is 5.75 Å². The van der Waals surface area contributed by atoms with Gasteiger partial charge in [0.25, 0.3) is 0 Å². The number of hydrogen-bond donors (Lipinski definition) is 1. The molecule has 1 N–H and O–H groups in total. The number of aliphatic hydroxyl groups is 1. The van der Waals surface area contributed by atoms with Gasteiger partial charge in [-0.05, 0) is 48.9 Å². The van der Waals surface area contributed by atoms with Crippen LogP contribution in [0, 0.1) is 12.3 Å². The molecule has 2 nitrogen and oxygen atoms in total. The minimum Gasteiger partial charge on any atom is -0.494 e. The second kappa shape index (κ2) is 5.75. The molecule has 0 saturated heterocycles. The molecule has 0 amide bonds. The van der Waals surface area contributed by atoms with Crippen molar-refractivity contribution in [3.05, 3.63) is 29.3 Å². The number of rotatable bonds is 4. The SMILES string of the molecule is C#CCCCOc1ccc2c(c1)[C@H](O)CCC2. The molecule has 2 heteroatoms. The number of unbranched alkanes of at least 4 members (excludes halogenated alkanes) is 1. The van der Waals surface area contributed by atoms with Crippen molar-refractivity contribution in [2.75, 3.05) is 6.61 Å². The van der Waals surface area contributed by atoms with Crippen LogP contribution in [-0.4, -0.2) is 11.7 Å². The Bertz CT molecular complexity index is 417. The van der Waals surface area contributed by atoms with Gasteiger partial charge in [-0.2, -0.15) is 0 Å². The molecule has 0 unspecified atom stereocenters. The minimum atomic E-state index is -0.326. The Morgan fingerprint density at radius 3 is 3.18 bits per heavy atom. The summed E-state index contributed by atoms with van der Waals surface area (Å²) in [5.41, 5.74) is 2.28. The highest BCUT2D eigenvalue weighted by Gasteiger charge is 2.18. The highest BCUT2D eigenvalue weighted by Crippen LogP contribution is 2.32. The first-order valence-electron chi connectivity index (χ1n) is 6.18. The predicted octanol–water partition coefficient (Wildman–Crippen LogP) is 2.85. The number of terminal acetylenes is 1. The topological polar surface area (TPSA) is 29.5 Å². The second-order valence-electron chi connectivity index (χ2n) is 4.42. The lowest BCUT2D eigenvalue weighted by molar-refractivity contribution is 0.156. The van der Waals surface area contributed by atoms with Crippen molar-refractivity contribution in [1.82, 2.24) is 0 Å². The monoisotopic (exact) mass is 230 g/mol. The number of hydrogen-bond acceptors (Lipinski definition) is 2. The van der Waals surface area contributed by atoms with Crippen molar-refractivity contribution in [2.45, 2.75) is 38.2 Å². The number of aryl methyl sites for hydroxylation is 1. The molecule has 1 atom stereocenters. The van der Waals surface area contributed by atoms with Crippen LogP contribution in [0.15, 0.2) is 18.2 Å². The molecule has 1 aliphatic rings. The van der Waals surface area contributed by atoms with Crippen LogP contribution in [0.4, 0.5) is 0 Å². The van der Waals surface area contributed by atoms with Crippen LogP contribution in [-0.2, 0) is 6.42 Å². The fourth-order valence-corrected chi connectivity index (χ4v) is 2.21. The Labute approximate surface area is 103 Å². The van der Waals surface area contributed by atoms with E-state index in [4.69, 9.17) is 11.2 Å². The zero-order valence-corrected chi connectivity index (χ0v) is 9.98. The van der Waals surface area contributed by atoms with Gasteiger partial charge in [0.2, 0.25) is 0 Å². The first kappa shape index (κ1) is 12.0. The predicted molar refractivity (Wildman–Crippen MR) is 67.9 cm³/mol. The average molecular weight is 230 g/mol. The lowest BCUT2D eigenvalue weighted by Crippen LogP contribution is -2.09. The molecule has 1 aromatic rings. The number of benzene rings is 1. The third-order valence-electron chi connectivity index (χ3n) is 3.13. The van der Waals surface area contributed by atoms with Gasteiger partial charge < -0.3 is 9.84 Å². The summed E-state index contributed by atoms with van der Waals surface area (Å²) in [6.07, 6.45) is 9.45. The largest absolute Gasteiger partial charge is 0.494 e. The van der Waals surface area contributed by atoms with E-state index in [1.807, 2.05) is 12.1 Å². The van der Waals surface area contributed by atoms with Crippen molar-refractivity contribution >= 4 is 0 Å². The summed E-state index contributed by atoms with van der Waals surface area (Å²) in [7, 11) is 0. The number of aliphatic hydroxyl groups excluding tert-OH is 1. The summed E-state index contributed by atoms with van der Waals surface area (Å²) in [5.74, 6) is 3.43. The number of ether oxygens (including phenoxy) is 1. The second-order valence-corrected chi connectivity index (χ2v) is 4.42. The Hall–Kier alpha value is -1.46.